The number of hydrogen-bond acceptors (Lipinski definition) is 4. The molecule has 0 saturated heterocycles. The van der Waals surface area contributed by atoms with E-state index in [4.69, 9.17) is 5.73 Å². The third-order valence-electron chi connectivity index (χ3n) is 2.53. The third-order valence-corrected chi connectivity index (χ3v) is 2.53. The summed E-state index contributed by atoms with van der Waals surface area (Å²) in [6, 6.07) is 7.22. The number of carbonyl (C=O) groups excluding carboxylic acids is 1. The lowest BCUT2D eigenvalue weighted by molar-refractivity contribution is 0.1000. The summed E-state index contributed by atoms with van der Waals surface area (Å²) in [6.07, 6.45) is 3.21. The second-order valence-electron chi connectivity index (χ2n) is 4.07. The molecule has 1 amide bonds. The van der Waals surface area contributed by atoms with Crippen molar-refractivity contribution in [3.8, 4) is 11.3 Å². The zero-order valence-corrected chi connectivity index (χ0v) is 10.3. The Morgan fingerprint density at radius 1 is 1.22 bits per heavy atom. The molecule has 2 aromatic heterocycles. The van der Waals surface area contributed by atoms with E-state index in [9.17, 15) is 4.79 Å². The molecule has 0 atom stereocenters. The van der Waals surface area contributed by atoms with Crippen molar-refractivity contribution in [2.45, 2.75) is 0 Å². The van der Waals surface area contributed by atoms with Gasteiger partial charge in [0.15, 0.2) is 0 Å². The molecule has 0 radical (unpaired) electrons. The van der Waals surface area contributed by atoms with E-state index in [2.05, 4.69) is 9.97 Å². The summed E-state index contributed by atoms with van der Waals surface area (Å²) in [6.45, 7) is 0. The molecular formula is C13H14N4O. The topological polar surface area (TPSA) is 72.1 Å². The quantitative estimate of drug-likeness (QED) is 0.880. The molecule has 0 saturated carbocycles. The van der Waals surface area contributed by atoms with Crippen molar-refractivity contribution in [3.05, 3.63) is 42.2 Å². The fourth-order valence-corrected chi connectivity index (χ4v) is 1.65. The van der Waals surface area contributed by atoms with Gasteiger partial charge < -0.3 is 10.6 Å². The molecule has 5 heteroatoms. The maximum atomic E-state index is 11.0. The monoisotopic (exact) mass is 242 g/mol. The van der Waals surface area contributed by atoms with Crippen LogP contribution in [0.25, 0.3) is 11.3 Å². The van der Waals surface area contributed by atoms with Crippen LogP contribution < -0.4 is 10.6 Å². The normalized spacial score (nSPS) is 10.1. The number of hydrogen-bond donors (Lipinski definition) is 1. The molecule has 0 bridgehead atoms. The molecule has 5 nitrogen and oxygen atoms in total. The average molecular weight is 242 g/mol. The number of amides is 1. The van der Waals surface area contributed by atoms with Crippen molar-refractivity contribution >= 4 is 11.7 Å². The minimum Gasteiger partial charge on any atom is -0.366 e. The SMILES string of the molecule is CN(C)c1ncccc1-c1ccc(C(N)=O)cn1. The smallest absolute Gasteiger partial charge is 0.250 e. The molecule has 0 aliphatic carbocycles. The van der Waals surface area contributed by atoms with Crippen molar-refractivity contribution in [2.75, 3.05) is 19.0 Å². The molecule has 0 spiro atoms. The number of nitrogens with two attached hydrogens (primary N) is 1. The van der Waals surface area contributed by atoms with Gasteiger partial charge >= 0.3 is 0 Å². The van der Waals surface area contributed by atoms with Crippen LogP contribution in [-0.2, 0) is 0 Å². The Morgan fingerprint density at radius 3 is 2.56 bits per heavy atom. The van der Waals surface area contributed by atoms with Gasteiger partial charge in [0.1, 0.15) is 5.82 Å². The number of carbonyl (C=O) groups is 1. The maximum absolute atomic E-state index is 11.0. The fraction of sp³-hybridized carbons (Fsp3) is 0.154. The van der Waals surface area contributed by atoms with Gasteiger partial charge in [0.2, 0.25) is 5.91 Å². The lowest BCUT2D eigenvalue weighted by atomic mass is 10.1. The van der Waals surface area contributed by atoms with Crippen molar-refractivity contribution in [3.63, 3.8) is 0 Å². The van der Waals surface area contributed by atoms with E-state index in [1.165, 1.54) is 6.20 Å². The van der Waals surface area contributed by atoms with Crippen LogP contribution in [0.15, 0.2) is 36.7 Å². The zero-order valence-electron chi connectivity index (χ0n) is 10.3. The van der Waals surface area contributed by atoms with Gasteiger partial charge in [-0.05, 0) is 24.3 Å². The summed E-state index contributed by atoms with van der Waals surface area (Å²) >= 11 is 0. The van der Waals surface area contributed by atoms with Gasteiger partial charge in [-0.1, -0.05) is 0 Å². The first-order valence-electron chi connectivity index (χ1n) is 5.48. The van der Waals surface area contributed by atoms with Gasteiger partial charge in [0, 0.05) is 32.1 Å². The third kappa shape index (κ3) is 2.29. The average Bonchev–Trinajstić information content (AvgIpc) is 2.39. The highest BCUT2D eigenvalue weighted by Crippen LogP contribution is 2.25. The fourth-order valence-electron chi connectivity index (χ4n) is 1.65. The number of anilines is 1. The molecule has 2 heterocycles. The zero-order chi connectivity index (χ0) is 13.1. The highest BCUT2D eigenvalue weighted by Gasteiger charge is 2.09. The number of nitrogens with zero attached hydrogens (tertiary/aromatic N) is 3. The summed E-state index contributed by atoms with van der Waals surface area (Å²) < 4.78 is 0. The molecule has 0 aliphatic rings. The van der Waals surface area contributed by atoms with E-state index in [0.717, 1.165) is 17.1 Å². The van der Waals surface area contributed by atoms with Crippen molar-refractivity contribution < 1.29 is 4.79 Å². The molecule has 0 aliphatic heterocycles. The number of primary amides is 1. The van der Waals surface area contributed by atoms with E-state index in [0.29, 0.717) is 5.56 Å². The van der Waals surface area contributed by atoms with Crippen molar-refractivity contribution in [2.24, 2.45) is 5.73 Å². The second kappa shape index (κ2) is 4.83. The van der Waals surface area contributed by atoms with Gasteiger partial charge in [0.25, 0.3) is 0 Å². The Kier molecular flexibility index (Phi) is 3.23. The van der Waals surface area contributed by atoms with Gasteiger partial charge in [-0.3, -0.25) is 9.78 Å². The van der Waals surface area contributed by atoms with Crippen LogP contribution in [0, 0.1) is 0 Å². The van der Waals surface area contributed by atoms with Crippen LogP contribution in [-0.4, -0.2) is 30.0 Å². The number of pyridine rings is 2. The summed E-state index contributed by atoms with van der Waals surface area (Å²) in [5.41, 5.74) is 7.25. The predicted molar refractivity (Wildman–Crippen MR) is 70.3 cm³/mol. The summed E-state index contributed by atoms with van der Waals surface area (Å²) in [5.74, 6) is 0.352. The van der Waals surface area contributed by atoms with Crippen LogP contribution >= 0.6 is 0 Å². The first-order valence-corrected chi connectivity index (χ1v) is 5.48. The van der Waals surface area contributed by atoms with E-state index in [1.807, 2.05) is 31.1 Å². The molecule has 2 aromatic rings. The van der Waals surface area contributed by atoms with Gasteiger partial charge in [0.05, 0.1) is 11.3 Å². The Bertz CT molecular complexity index is 563. The molecule has 0 aromatic carbocycles. The minimum absolute atomic E-state index is 0.397. The van der Waals surface area contributed by atoms with Crippen LogP contribution in [0.4, 0.5) is 5.82 Å². The van der Waals surface area contributed by atoms with Crippen LogP contribution in [0.3, 0.4) is 0 Å². The minimum atomic E-state index is -0.479. The Balaban J connectivity index is 2.46. The number of rotatable bonds is 3. The van der Waals surface area contributed by atoms with Crippen molar-refractivity contribution in [1.82, 2.24) is 9.97 Å². The van der Waals surface area contributed by atoms with Gasteiger partial charge in [-0.15, -0.1) is 0 Å². The van der Waals surface area contributed by atoms with Gasteiger partial charge in [-0.25, -0.2) is 4.98 Å². The van der Waals surface area contributed by atoms with E-state index >= 15 is 0 Å². The highest BCUT2D eigenvalue weighted by molar-refractivity contribution is 5.92. The lowest BCUT2D eigenvalue weighted by Gasteiger charge is -2.15. The van der Waals surface area contributed by atoms with E-state index in [1.54, 1.807) is 18.3 Å². The maximum Gasteiger partial charge on any atom is 0.250 e. The first-order chi connectivity index (χ1) is 8.59. The van der Waals surface area contributed by atoms with Crippen molar-refractivity contribution in [1.29, 1.82) is 0 Å². The van der Waals surface area contributed by atoms with E-state index < -0.39 is 5.91 Å². The predicted octanol–water partition coefficient (Wildman–Crippen LogP) is 1.31. The molecule has 0 fully saturated rings. The van der Waals surface area contributed by atoms with Gasteiger partial charge in [-0.2, -0.15) is 0 Å². The molecule has 18 heavy (non-hydrogen) atoms. The number of aromatic nitrogens is 2. The molecular weight excluding hydrogens is 228 g/mol. The Morgan fingerprint density at radius 2 is 2.00 bits per heavy atom. The summed E-state index contributed by atoms with van der Waals surface area (Å²) in [4.78, 5) is 21.5. The second-order valence-corrected chi connectivity index (χ2v) is 4.07. The van der Waals surface area contributed by atoms with Crippen LogP contribution in [0.2, 0.25) is 0 Å². The molecule has 92 valence electrons. The Hall–Kier alpha value is -2.43. The first kappa shape index (κ1) is 12.0. The van der Waals surface area contributed by atoms with Crippen LogP contribution in [0.5, 0.6) is 0 Å². The van der Waals surface area contributed by atoms with Crippen LogP contribution in [0.1, 0.15) is 10.4 Å². The molecule has 2 rings (SSSR count). The summed E-state index contributed by atoms with van der Waals surface area (Å²) in [7, 11) is 3.84. The summed E-state index contributed by atoms with van der Waals surface area (Å²) in [5, 5.41) is 0. The standard InChI is InChI=1S/C13H14N4O/c1-17(2)13-10(4-3-7-15-13)11-6-5-9(8-16-11)12(14)18/h3-8H,1-2H3,(H2,14,18). The largest absolute Gasteiger partial charge is 0.366 e. The van der Waals surface area contributed by atoms with E-state index in [-0.39, 0.29) is 0 Å². The molecule has 0 unspecified atom stereocenters. The molecule has 2 N–H and O–H groups in total. The Labute approximate surface area is 105 Å². The lowest BCUT2D eigenvalue weighted by Crippen LogP contribution is -2.13. The highest BCUT2D eigenvalue weighted by atomic mass is 16.1.